The van der Waals surface area contributed by atoms with Crippen LogP contribution in [0.3, 0.4) is 0 Å². The van der Waals surface area contributed by atoms with Crippen LogP contribution in [0.4, 0.5) is 4.39 Å². The molecule has 0 saturated carbocycles. The van der Waals surface area contributed by atoms with Crippen molar-refractivity contribution in [2.45, 2.75) is 0 Å². The summed E-state index contributed by atoms with van der Waals surface area (Å²) in [4.78, 5) is 11.8. The SMILES string of the molecule is CN/N=C/c1ccc(OC(=O)c2ccc(F)cc2)cc1. The van der Waals surface area contributed by atoms with E-state index in [0.29, 0.717) is 11.3 Å². The highest BCUT2D eigenvalue weighted by Gasteiger charge is 2.08. The Balaban J connectivity index is 2.04. The third-order valence-electron chi connectivity index (χ3n) is 2.51. The topological polar surface area (TPSA) is 50.7 Å². The zero-order chi connectivity index (χ0) is 14.4. The highest BCUT2D eigenvalue weighted by molar-refractivity contribution is 5.91. The molecule has 2 aromatic carbocycles. The van der Waals surface area contributed by atoms with Gasteiger partial charge in [0.05, 0.1) is 11.8 Å². The average molecular weight is 272 g/mol. The number of carbonyl (C=O) groups is 1. The molecule has 0 aliphatic rings. The second kappa shape index (κ2) is 6.47. The summed E-state index contributed by atoms with van der Waals surface area (Å²) < 4.78 is 17.9. The van der Waals surface area contributed by atoms with E-state index in [1.54, 1.807) is 37.5 Å². The van der Waals surface area contributed by atoms with Crippen LogP contribution in [0.1, 0.15) is 15.9 Å². The van der Waals surface area contributed by atoms with Gasteiger partial charge in [0.25, 0.3) is 0 Å². The number of halogens is 1. The number of hydrazone groups is 1. The Bertz CT molecular complexity index is 607. The van der Waals surface area contributed by atoms with E-state index in [-0.39, 0.29) is 0 Å². The lowest BCUT2D eigenvalue weighted by atomic mass is 10.2. The van der Waals surface area contributed by atoms with Crippen LogP contribution < -0.4 is 10.2 Å². The van der Waals surface area contributed by atoms with E-state index in [4.69, 9.17) is 4.74 Å². The van der Waals surface area contributed by atoms with Gasteiger partial charge in [-0.25, -0.2) is 9.18 Å². The largest absolute Gasteiger partial charge is 0.423 e. The quantitative estimate of drug-likeness (QED) is 0.403. The molecule has 0 amide bonds. The van der Waals surface area contributed by atoms with E-state index in [2.05, 4.69) is 10.5 Å². The van der Waals surface area contributed by atoms with Gasteiger partial charge in [0.2, 0.25) is 0 Å². The van der Waals surface area contributed by atoms with Crippen molar-refractivity contribution in [1.82, 2.24) is 5.43 Å². The van der Waals surface area contributed by atoms with Gasteiger partial charge in [0, 0.05) is 7.05 Å². The van der Waals surface area contributed by atoms with Crippen molar-refractivity contribution in [1.29, 1.82) is 0 Å². The maximum absolute atomic E-state index is 12.8. The predicted octanol–water partition coefficient (Wildman–Crippen LogP) is 2.60. The molecule has 4 nitrogen and oxygen atoms in total. The van der Waals surface area contributed by atoms with Gasteiger partial charge >= 0.3 is 5.97 Å². The average Bonchev–Trinajstić information content (AvgIpc) is 2.47. The molecule has 102 valence electrons. The zero-order valence-electron chi connectivity index (χ0n) is 10.8. The standard InChI is InChI=1S/C15H13FN2O2/c1-17-18-10-11-2-8-14(9-3-11)20-15(19)12-4-6-13(16)7-5-12/h2-10,17H,1H3/b18-10+. The van der Waals surface area contributed by atoms with Gasteiger partial charge in [0.15, 0.2) is 0 Å². The van der Waals surface area contributed by atoms with E-state index in [1.165, 1.54) is 24.3 Å². The Morgan fingerprint density at radius 2 is 1.80 bits per heavy atom. The molecular formula is C15H13FN2O2. The fraction of sp³-hybridized carbons (Fsp3) is 0.0667. The fourth-order valence-electron chi connectivity index (χ4n) is 1.51. The minimum absolute atomic E-state index is 0.298. The van der Waals surface area contributed by atoms with Crippen LogP contribution in [0.2, 0.25) is 0 Å². The number of benzene rings is 2. The Hall–Kier alpha value is -2.69. The first kappa shape index (κ1) is 13.7. The molecule has 0 aliphatic carbocycles. The number of nitrogens with one attached hydrogen (secondary N) is 1. The summed E-state index contributed by atoms with van der Waals surface area (Å²) in [5.74, 6) is -0.503. The Kier molecular flexibility index (Phi) is 4.44. The van der Waals surface area contributed by atoms with E-state index in [0.717, 1.165) is 5.56 Å². The summed E-state index contributed by atoms with van der Waals surface area (Å²) in [6.45, 7) is 0. The maximum atomic E-state index is 12.8. The van der Waals surface area contributed by atoms with Crippen LogP contribution in [0.25, 0.3) is 0 Å². The molecule has 1 N–H and O–H groups in total. The van der Waals surface area contributed by atoms with Crippen molar-refractivity contribution < 1.29 is 13.9 Å². The minimum atomic E-state index is -0.526. The second-order valence-electron chi connectivity index (χ2n) is 3.95. The van der Waals surface area contributed by atoms with Gasteiger partial charge in [0.1, 0.15) is 11.6 Å². The van der Waals surface area contributed by atoms with Crippen LogP contribution in [-0.4, -0.2) is 19.2 Å². The molecule has 2 rings (SSSR count). The lowest BCUT2D eigenvalue weighted by Crippen LogP contribution is -2.08. The molecule has 5 heteroatoms. The number of rotatable bonds is 4. The van der Waals surface area contributed by atoms with Gasteiger partial charge in [-0.2, -0.15) is 5.10 Å². The minimum Gasteiger partial charge on any atom is -0.423 e. The van der Waals surface area contributed by atoms with Crippen molar-refractivity contribution in [3.8, 4) is 5.75 Å². The molecule has 0 radical (unpaired) electrons. The second-order valence-corrected chi connectivity index (χ2v) is 3.95. The predicted molar refractivity (Wildman–Crippen MR) is 74.5 cm³/mol. The number of ether oxygens (including phenoxy) is 1. The monoisotopic (exact) mass is 272 g/mol. The maximum Gasteiger partial charge on any atom is 0.343 e. The summed E-state index contributed by atoms with van der Waals surface area (Å²) in [5.41, 5.74) is 3.82. The van der Waals surface area contributed by atoms with Crippen LogP contribution in [-0.2, 0) is 0 Å². The number of hydrogen-bond acceptors (Lipinski definition) is 4. The number of nitrogens with zero attached hydrogens (tertiary/aromatic N) is 1. The van der Waals surface area contributed by atoms with Crippen LogP contribution >= 0.6 is 0 Å². The van der Waals surface area contributed by atoms with Gasteiger partial charge < -0.3 is 10.2 Å². The number of carbonyl (C=O) groups excluding carboxylic acids is 1. The molecule has 2 aromatic rings. The Morgan fingerprint density at radius 1 is 1.15 bits per heavy atom. The van der Waals surface area contributed by atoms with E-state index >= 15 is 0 Å². The Morgan fingerprint density at radius 3 is 2.40 bits per heavy atom. The number of hydrogen-bond donors (Lipinski definition) is 1. The highest BCUT2D eigenvalue weighted by Crippen LogP contribution is 2.14. The molecular weight excluding hydrogens is 259 g/mol. The molecule has 20 heavy (non-hydrogen) atoms. The van der Waals surface area contributed by atoms with Gasteiger partial charge in [-0.1, -0.05) is 0 Å². The molecule has 0 aromatic heterocycles. The first-order chi connectivity index (χ1) is 9.69. The summed E-state index contributed by atoms with van der Waals surface area (Å²) in [5, 5.41) is 3.87. The van der Waals surface area contributed by atoms with E-state index in [1.807, 2.05) is 0 Å². The van der Waals surface area contributed by atoms with Crippen molar-refractivity contribution in [3.05, 3.63) is 65.5 Å². The summed E-state index contributed by atoms with van der Waals surface area (Å²) in [7, 11) is 1.70. The summed E-state index contributed by atoms with van der Waals surface area (Å²) in [6, 6.07) is 12.1. The van der Waals surface area contributed by atoms with Crippen LogP contribution in [0.5, 0.6) is 5.75 Å². The smallest absolute Gasteiger partial charge is 0.343 e. The van der Waals surface area contributed by atoms with Crippen LogP contribution in [0, 0.1) is 5.82 Å². The lowest BCUT2D eigenvalue weighted by molar-refractivity contribution is 0.0734. The molecule has 0 aliphatic heterocycles. The lowest BCUT2D eigenvalue weighted by Gasteiger charge is -2.04. The summed E-state index contributed by atoms with van der Waals surface area (Å²) in [6.07, 6.45) is 1.64. The van der Waals surface area contributed by atoms with Gasteiger partial charge in [-0.3, -0.25) is 0 Å². The first-order valence-electron chi connectivity index (χ1n) is 5.96. The summed E-state index contributed by atoms with van der Waals surface area (Å²) >= 11 is 0. The third-order valence-corrected chi connectivity index (χ3v) is 2.51. The number of esters is 1. The molecule has 0 unspecified atom stereocenters. The van der Waals surface area contributed by atoms with Crippen molar-refractivity contribution in [3.63, 3.8) is 0 Å². The van der Waals surface area contributed by atoms with Crippen molar-refractivity contribution in [2.24, 2.45) is 5.10 Å². The first-order valence-corrected chi connectivity index (χ1v) is 5.96. The molecule has 0 saturated heterocycles. The fourth-order valence-corrected chi connectivity index (χ4v) is 1.51. The van der Waals surface area contributed by atoms with Gasteiger partial charge in [-0.15, -0.1) is 0 Å². The molecule has 0 fully saturated rings. The van der Waals surface area contributed by atoms with E-state index in [9.17, 15) is 9.18 Å². The highest BCUT2D eigenvalue weighted by atomic mass is 19.1. The van der Waals surface area contributed by atoms with Crippen molar-refractivity contribution >= 4 is 12.2 Å². The van der Waals surface area contributed by atoms with Gasteiger partial charge in [-0.05, 0) is 54.1 Å². The van der Waals surface area contributed by atoms with Crippen LogP contribution in [0.15, 0.2) is 53.6 Å². The van der Waals surface area contributed by atoms with Crippen molar-refractivity contribution in [2.75, 3.05) is 7.05 Å². The third kappa shape index (κ3) is 3.65. The van der Waals surface area contributed by atoms with E-state index < -0.39 is 11.8 Å². The molecule has 0 heterocycles. The molecule has 0 spiro atoms. The zero-order valence-corrected chi connectivity index (χ0v) is 10.8. The normalized spacial score (nSPS) is 10.5. The molecule has 0 bridgehead atoms. The molecule has 0 atom stereocenters. The Labute approximate surface area is 115 Å².